The predicted molar refractivity (Wildman–Crippen MR) is 66.5 cm³/mol. The standard InChI is InChI=1S/C10H8O.C3H5Cl/c11-10-7-3-5-8-4-1-2-6-9(8)10;1-2-3-4/h1-7,11H;2H,1,3H2. The zero-order valence-electron chi connectivity index (χ0n) is 8.36. The van der Waals surface area contributed by atoms with Gasteiger partial charge in [0.2, 0.25) is 0 Å². The van der Waals surface area contributed by atoms with Crippen molar-refractivity contribution in [3.8, 4) is 5.75 Å². The van der Waals surface area contributed by atoms with Gasteiger partial charge in [0.1, 0.15) is 5.75 Å². The van der Waals surface area contributed by atoms with Crippen molar-refractivity contribution in [2.45, 2.75) is 0 Å². The lowest BCUT2D eigenvalue weighted by atomic mass is 10.1. The van der Waals surface area contributed by atoms with E-state index < -0.39 is 0 Å². The molecule has 0 amide bonds. The maximum Gasteiger partial charge on any atom is 0.123 e. The second kappa shape index (κ2) is 6.10. The highest BCUT2D eigenvalue weighted by Crippen LogP contribution is 2.22. The van der Waals surface area contributed by atoms with Crippen LogP contribution in [0.2, 0.25) is 0 Å². The molecule has 0 bridgehead atoms. The molecule has 0 fully saturated rings. The highest BCUT2D eigenvalue weighted by atomic mass is 35.5. The molecule has 0 spiro atoms. The Bertz CT molecular complexity index is 432. The van der Waals surface area contributed by atoms with Crippen LogP contribution < -0.4 is 0 Å². The molecule has 2 aromatic rings. The van der Waals surface area contributed by atoms with Crippen molar-refractivity contribution < 1.29 is 5.11 Å². The van der Waals surface area contributed by atoms with Gasteiger partial charge in [-0.05, 0) is 11.5 Å². The lowest BCUT2D eigenvalue weighted by molar-refractivity contribution is 0.481. The second-order valence-corrected chi connectivity index (χ2v) is 3.25. The van der Waals surface area contributed by atoms with Crippen LogP contribution in [0.4, 0.5) is 0 Å². The molecular weight excluding hydrogens is 208 g/mol. The molecule has 2 aromatic carbocycles. The third-order valence-electron chi connectivity index (χ3n) is 1.88. The molecule has 0 saturated carbocycles. The maximum atomic E-state index is 9.37. The fourth-order valence-corrected chi connectivity index (χ4v) is 1.21. The number of rotatable bonds is 1. The fraction of sp³-hybridized carbons (Fsp3) is 0.0769. The Labute approximate surface area is 94.6 Å². The molecule has 78 valence electrons. The smallest absolute Gasteiger partial charge is 0.123 e. The third kappa shape index (κ3) is 3.30. The lowest BCUT2D eigenvalue weighted by Crippen LogP contribution is -1.70. The summed E-state index contributed by atoms with van der Waals surface area (Å²) in [5.41, 5.74) is 0. The molecule has 0 aliphatic heterocycles. The Balaban J connectivity index is 0.000000245. The number of benzene rings is 2. The summed E-state index contributed by atoms with van der Waals surface area (Å²) in [6, 6.07) is 13.3. The Morgan fingerprint density at radius 3 is 2.33 bits per heavy atom. The normalized spacial score (nSPS) is 9.13. The molecule has 0 aliphatic rings. The van der Waals surface area contributed by atoms with Gasteiger partial charge in [-0.25, -0.2) is 0 Å². The minimum Gasteiger partial charge on any atom is -0.507 e. The molecule has 0 aromatic heterocycles. The number of hydrogen-bond donors (Lipinski definition) is 1. The molecule has 2 heteroatoms. The zero-order chi connectivity index (χ0) is 11.1. The van der Waals surface area contributed by atoms with Gasteiger partial charge >= 0.3 is 0 Å². The SMILES string of the molecule is C=CCCl.Oc1cccc2ccccc12. The molecule has 0 saturated heterocycles. The number of allylic oxidation sites excluding steroid dienone is 1. The van der Waals surface area contributed by atoms with Crippen molar-refractivity contribution in [3.63, 3.8) is 0 Å². The molecule has 1 nitrogen and oxygen atoms in total. The molecule has 2 rings (SSSR count). The topological polar surface area (TPSA) is 20.2 Å². The van der Waals surface area contributed by atoms with Crippen LogP contribution in [0.3, 0.4) is 0 Å². The summed E-state index contributed by atoms with van der Waals surface area (Å²) >= 11 is 5.07. The Morgan fingerprint density at radius 1 is 1.13 bits per heavy atom. The minimum absolute atomic E-state index is 0.350. The van der Waals surface area contributed by atoms with E-state index in [0.717, 1.165) is 10.8 Å². The van der Waals surface area contributed by atoms with E-state index in [4.69, 9.17) is 11.6 Å². The van der Waals surface area contributed by atoms with Gasteiger partial charge in [-0.1, -0.05) is 42.5 Å². The van der Waals surface area contributed by atoms with Crippen molar-refractivity contribution in [3.05, 3.63) is 55.1 Å². The van der Waals surface area contributed by atoms with Gasteiger partial charge in [-0.3, -0.25) is 0 Å². The summed E-state index contributed by atoms with van der Waals surface area (Å²) in [4.78, 5) is 0. The van der Waals surface area contributed by atoms with Crippen LogP contribution in [-0.2, 0) is 0 Å². The second-order valence-electron chi connectivity index (χ2n) is 2.94. The van der Waals surface area contributed by atoms with Gasteiger partial charge in [0.15, 0.2) is 0 Å². The summed E-state index contributed by atoms with van der Waals surface area (Å²) in [5.74, 6) is 0.906. The van der Waals surface area contributed by atoms with Crippen LogP contribution in [0.1, 0.15) is 0 Å². The van der Waals surface area contributed by atoms with E-state index in [1.54, 1.807) is 12.1 Å². The summed E-state index contributed by atoms with van der Waals surface area (Å²) in [6.07, 6.45) is 1.64. The summed E-state index contributed by atoms with van der Waals surface area (Å²) in [6.45, 7) is 3.35. The minimum atomic E-state index is 0.350. The van der Waals surface area contributed by atoms with Crippen molar-refractivity contribution in [1.29, 1.82) is 0 Å². The van der Waals surface area contributed by atoms with Gasteiger partial charge in [0, 0.05) is 11.3 Å². The van der Waals surface area contributed by atoms with Crippen LogP contribution in [0.5, 0.6) is 5.75 Å². The van der Waals surface area contributed by atoms with Crippen molar-refractivity contribution >= 4 is 22.4 Å². The number of alkyl halides is 1. The van der Waals surface area contributed by atoms with Crippen LogP contribution in [0.25, 0.3) is 10.8 Å². The number of aromatic hydroxyl groups is 1. The number of halogens is 1. The third-order valence-corrected chi connectivity index (χ3v) is 2.09. The Morgan fingerprint density at radius 2 is 1.73 bits per heavy atom. The first kappa shape index (κ1) is 11.6. The number of fused-ring (bicyclic) bond motifs is 1. The first-order valence-electron chi connectivity index (χ1n) is 4.63. The number of phenols is 1. The maximum absolute atomic E-state index is 9.37. The number of phenolic OH excluding ortho intramolecular Hbond substituents is 1. The number of hydrogen-bond acceptors (Lipinski definition) is 1. The summed E-state index contributed by atoms with van der Waals surface area (Å²) in [5, 5.41) is 11.4. The molecule has 1 N–H and O–H groups in total. The summed E-state index contributed by atoms with van der Waals surface area (Å²) in [7, 11) is 0. The van der Waals surface area contributed by atoms with Crippen LogP contribution >= 0.6 is 11.6 Å². The van der Waals surface area contributed by atoms with Crippen molar-refractivity contribution in [1.82, 2.24) is 0 Å². The molecule has 15 heavy (non-hydrogen) atoms. The average Bonchev–Trinajstić information content (AvgIpc) is 2.30. The van der Waals surface area contributed by atoms with E-state index in [1.807, 2.05) is 36.4 Å². The molecule has 0 heterocycles. The quantitative estimate of drug-likeness (QED) is 0.570. The van der Waals surface area contributed by atoms with Gasteiger partial charge in [0.25, 0.3) is 0 Å². The molecule has 0 atom stereocenters. The van der Waals surface area contributed by atoms with Gasteiger partial charge in [-0.15, -0.1) is 18.2 Å². The van der Waals surface area contributed by atoms with Crippen LogP contribution in [0, 0.1) is 0 Å². The van der Waals surface area contributed by atoms with E-state index in [1.165, 1.54) is 0 Å². The molecule has 0 aliphatic carbocycles. The van der Waals surface area contributed by atoms with Gasteiger partial charge in [0.05, 0.1) is 0 Å². The van der Waals surface area contributed by atoms with E-state index >= 15 is 0 Å². The van der Waals surface area contributed by atoms with E-state index in [-0.39, 0.29) is 0 Å². The fourth-order valence-electron chi connectivity index (χ4n) is 1.21. The monoisotopic (exact) mass is 220 g/mol. The average molecular weight is 221 g/mol. The van der Waals surface area contributed by atoms with E-state index in [9.17, 15) is 5.11 Å². The van der Waals surface area contributed by atoms with Crippen molar-refractivity contribution in [2.75, 3.05) is 5.88 Å². The van der Waals surface area contributed by atoms with E-state index in [0.29, 0.717) is 11.6 Å². The summed E-state index contributed by atoms with van der Waals surface area (Å²) < 4.78 is 0. The Hall–Kier alpha value is -1.47. The molecular formula is C13H13ClO. The molecule has 0 radical (unpaired) electrons. The van der Waals surface area contributed by atoms with Crippen LogP contribution in [0.15, 0.2) is 55.1 Å². The Kier molecular flexibility index (Phi) is 4.72. The highest BCUT2D eigenvalue weighted by Gasteiger charge is 1.94. The lowest BCUT2D eigenvalue weighted by Gasteiger charge is -1.97. The van der Waals surface area contributed by atoms with E-state index in [2.05, 4.69) is 6.58 Å². The zero-order valence-corrected chi connectivity index (χ0v) is 9.11. The van der Waals surface area contributed by atoms with Crippen molar-refractivity contribution in [2.24, 2.45) is 0 Å². The first-order valence-corrected chi connectivity index (χ1v) is 5.16. The van der Waals surface area contributed by atoms with Gasteiger partial charge in [-0.2, -0.15) is 0 Å². The predicted octanol–water partition coefficient (Wildman–Crippen LogP) is 3.96. The first-order chi connectivity index (χ1) is 7.29. The largest absolute Gasteiger partial charge is 0.507 e. The van der Waals surface area contributed by atoms with Crippen LogP contribution in [-0.4, -0.2) is 11.0 Å². The highest BCUT2D eigenvalue weighted by molar-refractivity contribution is 6.18. The molecule has 0 unspecified atom stereocenters. The van der Waals surface area contributed by atoms with Gasteiger partial charge < -0.3 is 5.11 Å².